The van der Waals surface area contributed by atoms with Crippen molar-refractivity contribution in [2.24, 2.45) is 0 Å². The smallest absolute Gasteiger partial charge is 0.407 e. The minimum Gasteiger partial charge on any atom is -0.445 e. The summed E-state index contributed by atoms with van der Waals surface area (Å²) in [6.45, 7) is 0.999. The molecular weight excluding hydrogens is 459 g/mol. The molecule has 4 aromatic rings. The Morgan fingerprint density at radius 3 is 2.25 bits per heavy atom. The van der Waals surface area contributed by atoms with Gasteiger partial charge >= 0.3 is 6.09 Å². The second-order valence-corrected chi connectivity index (χ2v) is 8.20. The number of amides is 2. The lowest BCUT2D eigenvalue weighted by Crippen LogP contribution is -2.26. The molecular formula is C28H27FN4O3. The minimum atomic E-state index is -0.529. The van der Waals surface area contributed by atoms with Crippen LogP contribution in [0.2, 0.25) is 0 Å². The van der Waals surface area contributed by atoms with Crippen molar-refractivity contribution in [3.8, 4) is 11.3 Å². The first-order valence-electron chi connectivity index (χ1n) is 11.7. The number of halogens is 1. The van der Waals surface area contributed by atoms with E-state index >= 15 is 0 Å². The summed E-state index contributed by atoms with van der Waals surface area (Å²) in [7, 11) is 0. The standard InChI is InChI=1S/C28H27FN4O3/c29-24-15-13-23(14-16-24)26-27(33(20-31-26)18-21-8-3-1-4-9-21)32-25(34)12-7-17-30-28(35)36-19-22-10-5-2-6-11-22/h1-6,8-11,13-16,20H,7,12,17-19H2,(H,30,35)(H,32,34). The maximum Gasteiger partial charge on any atom is 0.407 e. The highest BCUT2D eigenvalue weighted by atomic mass is 19.1. The second kappa shape index (κ2) is 12.3. The molecule has 7 nitrogen and oxygen atoms in total. The van der Waals surface area contributed by atoms with Crippen LogP contribution in [0.1, 0.15) is 24.0 Å². The molecule has 0 spiro atoms. The van der Waals surface area contributed by atoms with Gasteiger partial charge in [0.05, 0.1) is 12.9 Å². The molecule has 36 heavy (non-hydrogen) atoms. The predicted molar refractivity (Wildman–Crippen MR) is 136 cm³/mol. The lowest BCUT2D eigenvalue weighted by Gasteiger charge is -2.12. The van der Waals surface area contributed by atoms with Gasteiger partial charge in [0, 0.05) is 18.5 Å². The Hall–Kier alpha value is -4.46. The zero-order valence-corrected chi connectivity index (χ0v) is 19.7. The fourth-order valence-electron chi connectivity index (χ4n) is 3.64. The zero-order valence-electron chi connectivity index (χ0n) is 19.7. The van der Waals surface area contributed by atoms with Crippen LogP contribution in [0, 0.1) is 5.82 Å². The average Bonchev–Trinajstić information content (AvgIpc) is 3.28. The fourth-order valence-corrected chi connectivity index (χ4v) is 3.64. The van der Waals surface area contributed by atoms with Crippen LogP contribution in [0.5, 0.6) is 0 Å². The molecule has 0 unspecified atom stereocenters. The highest BCUT2D eigenvalue weighted by molar-refractivity contribution is 5.93. The number of hydrogen-bond acceptors (Lipinski definition) is 4. The molecule has 2 N–H and O–H groups in total. The van der Waals surface area contributed by atoms with Crippen molar-refractivity contribution in [1.29, 1.82) is 0 Å². The summed E-state index contributed by atoms with van der Waals surface area (Å²) in [6, 6.07) is 25.2. The lowest BCUT2D eigenvalue weighted by atomic mass is 10.1. The SMILES string of the molecule is O=C(CCCNC(=O)OCc1ccccc1)Nc1c(-c2ccc(F)cc2)ncn1Cc1ccccc1. The van der Waals surface area contributed by atoms with Gasteiger partial charge in [-0.1, -0.05) is 60.7 Å². The number of ether oxygens (including phenoxy) is 1. The summed E-state index contributed by atoms with van der Waals surface area (Å²) < 4.78 is 20.5. The van der Waals surface area contributed by atoms with Crippen LogP contribution in [0.4, 0.5) is 15.0 Å². The van der Waals surface area contributed by atoms with E-state index in [2.05, 4.69) is 15.6 Å². The Labute approximate surface area is 208 Å². The van der Waals surface area contributed by atoms with E-state index in [4.69, 9.17) is 4.74 Å². The summed E-state index contributed by atoms with van der Waals surface area (Å²) in [5.41, 5.74) is 3.20. The van der Waals surface area contributed by atoms with Crippen molar-refractivity contribution in [1.82, 2.24) is 14.9 Å². The summed E-state index contributed by atoms with van der Waals surface area (Å²) >= 11 is 0. The topological polar surface area (TPSA) is 85.2 Å². The van der Waals surface area contributed by atoms with Crippen LogP contribution in [0.3, 0.4) is 0 Å². The molecule has 0 aliphatic rings. The van der Waals surface area contributed by atoms with E-state index in [0.717, 1.165) is 11.1 Å². The first kappa shape index (κ1) is 24.7. The van der Waals surface area contributed by atoms with Gasteiger partial charge in [-0.05, 0) is 41.8 Å². The van der Waals surface area contributed by atoms with Crippen molar-refractivity contribution in [2.75, 3.05) is 11.9 Å². The molecule has 2 amide bonds. The first-order chi connectivity index (χ1) is 17.6. The van der Waals surface area contributed by atoms with Crippen LogP contribution in [-0.4, -0.2) is 28.1 Å². The van der Waals surface area contributed by atoms with Gasteiger partial charge in [0.1, 0.15) is 23.9 Å². The predicted octanol–water partition coefficient (Wildman–Crippen LogP) is 5.38. The molecule has 184 valence electrons. The third-order valence-corrected chi connectivity index (χ3v) is 5.47. The molecule has 0 aliphatic heterocycles. The van der Waals surface area contributed by atoms with Crippen molar-refractivity contribution in [3.63, 3.8) is 0 Å². The summed E-state index contributed by atoms with van der Waals surface area (Å²) in [4.78, 5) is 29.1. The van der Waals surface area contributed by atoms with Crippen LogP contribution < -0.4 is 10.6 Å². The number of nitrogens with one attached hydrogen (secondary N) is 2. The Balaban J connectivity index is 1.34. The molecule has 4 rings (SSSR count). The lowest BCUT2D eigenvalue weighted by molar-refractivity contribution is -0.116. The third kappa shape index (κ3) is 7.02. The minimum absolute atomic E-state index is 0.185. The second-order valence-electron chi connectivity index (χ2n) is 8.20. The van der Waals surface area contributed by atoms with Crippen molar-refractivity contribution in [2.45, 2.75) is 26.0 Å². The molecule has 0 fully saturated rings. The normalized spacial score (nSPS) is 10.6. The molecule has 0 atom stereocenters. The fraction of sp³-hybridized carbons (Fsp3) is 0.179. The van der Waals surface area contributed by atoms with E-state index in [0.29, 0.717) is 36.6 Å². The highest BCUT2D eigenvalue weighted by Gasteiger charge is 2.16. The van der Waals surface area contributed by atoms with E-state index in [1.807, 2.05) is 65.2 Å². The average molecular weight is 487 g/mol. The molecule has 0 saturated heterocycles. The number of benzene rings is 3. The molecule has 1 aromatic heterocycles. The number of anilines is 1. The quantitative estimate of drug-likeness (QED) is 0.295. The number of nitrogens with zero attached hydrogens (tertiary/aromatic N) is 2. The summed E-state index contributed by atoms with van der Waals surface area (Å²) in [5.74, 6) is -0.0267. The first-order valence-corrected chi connectivity index (χ1v) is 11.7. The number of carbonyl (C=O) groups excluding carboxylic acids is 2. The maximum absolute atomic E-state index is 13.4. The van der Waals surface area contributed by atoms with E-state index < -0.39 is 6.09 Å². The van der Waals surface area contributed by atoms with Gasteiger partial charge in [0.25, 0.3) is 0 Å². The van der Waals surface area contributed by atoms with E-state index in [1.165, 1.54) is 12.1 Å². The van der Waals surface area contributed by atoms with Crippen molar-refractivity contribution >= 4 is 17.8 Å². The molecule has 1 heterocycles. The molecule has 8 heteroatoms. The van der Waals surface area contributed by atoms with Crippen molar-refractivity contribution in [3.05, 3.63) is 108 Å². The summed E-state index contributed by atoms with van der Waals surface area (Å²) in [5, 5.41) is 5.61. The Bertz CT molecular complexity index is 1280. The Kier molecular flexibility index (Phi) is 8.43. The molecule has 0 aliphatic carbocycles. The number of imidazole rings is 1. The van der Waals surface area contributed by atoms with E-state index in [9.17, 15) is 14.0 Å². The molecule has 3 aromatic carbocycles. The number of hydrogen-bond donors (Lipinski definition) is 2. The molecule has 0 radical (unpaired) electrons. The largest absolute Gasteiger partial charge is 0.445 e. The van der Waals surface area contributed by atoms with Crippen LogP contribution in [0.25, 0.3) is 11.3 Å². The number of rotatable bonds is 10. The van der Waals surface area contributed by atoms with Crippen LogP contribution >= 0.6 is 0 Å². The Morgan fingerprint density at radius 2 is 1.56 bits per heavy atom. The Morgan fingerprint density at radius 1 is 0.889 bits per heavy atom. The maximum atomic E-state index is 13.4. The van der Waals surface area contributed by atoms with Gasteiger partial charge in [-0.15, -0.1) is 0 Å². The number of carbonyl (C=O) groups is 2. The van der Waals surface area contributed by atoms with Crippen LogP contribution in [-0.2, 0) is 22.7 Å². The highest BCUT2D eigenvalue weighted by Crippen LogP contribution is 2.28. The van der Waals surface area contributed by atoms with Gasteiger partial charge in [-0.2, -0.15) is 0 Å². The van der Waals surface area contributed by atoms with Gasteiger partial charge in [0.15, 0.2) is 0 Å². The van der Waals surface area contributed by atoms with Gasteiger partial charge in [-0.25, -0.2) is 14.2 Å². The molecule has 0 saturated carbocycles. The number of aromatic nitrogens is 2. The van der Waals surface area contributed by atoms with Crippen LogP contribution in [0.15, 0.2) is 91.3 Å². The van der Waals surface area contributed by atoms with Gasteiger partial charge in [-0.3, -0.25) is 4.79 Å². The van der Waals surface area contributed by atoms with E-state index in [1.54, 1.807) is 18.5 Å². The molecule has 0 bridgehead atoms. The monoisotopic (exact) mass is 486 g/mol. The van der Waals surface area contributed by atoms with Gasteiger partial charge < -0.3 is 19.9 Å². The zero-order chi connectivity index (χ0) is 25.2. The third-order valence-electron chi connectivity index (χ3n) is 5.47. The number of alkyl carbamates (subject to hydrolysis) is 1. The van der Waals surface area contributed by atoms with E-state index in [-0.39, 0.29) is 24.8 Å². The summed E-state index contributed by atoms with van der Waals surface area (Å²) in [6.07, 6.45) is 1.76. The van der Waals surface area contributed by atoms with Gasteiger partial charge in [0.2, 0.25) is 5.91 Å². The van der Waals surface area contributed by atoms with Crippen molar-refractivity contribution < 1.29 is 18.7 Å².